The first kappa shape index (κ1) is 17.2. The number of hydrogen-bond donors (Lipinski definition) is 3. The molecular formula is C17H27NO4. The topological polar surface area (TPSA) is 73.2 Å². The van der Waals surface area contributed by atoms with Crippen LogP contribution < -0.4 is 4.74 Å². The fourth-order valence-electron chi connectivity index (χ4n) is 2.89. The summed E-state index contributed by atoms with van der Waals surface area (Å²) in [7, 11) is 0. The second-order valence-electron chi connectivity index (χ2n) is 5.89. The third kappa shape index (κ3) is 4.20. The Hall–Kier alpha value is -1.14. The summed E-state index contributed by atoms with van der Waals surface area (Å²) in [5.41, 5.74) is 1.95. The van der Waals surface area contributed by atoms with Crippen LogP contribution in [0.4, 0.5) is 0 Å². The van der Waals surface area contributed by atoms with Crippen LogP contribution in [0.15, 0.2) is 18.2 Å². The number of benzene rings is 1. The van der Waals surface area contributed by atoms with E-state index in [0.29, 0.717) is 25.1 Å². The molecule has 0 aromatic heterocycles. The van der Waals surface area contributed by atoms with E-state index in [4.69, 9.17) is 4.74 Å². The molecule has 22 heavy (non-hydrogen) atoms. The van der Waals surface area contributed by atoms with Gasteiger partial charge in [-0.25, -0.2) is 0 Å². The maximum Gasteiger partial charge on any atom is 0.123 e. The van der Waals surface area contributed by atoms with Gasteiger partial charge in [0.1, 0.15) is 18.5 Å². The molecule has 0 unspecified atom stereocenters. The van der Waals surface area contributed by atoms with E-state index in [0.717, 1.165) is 24.2 Å². The van der Waals surface area contributed by atoms with Crippen LogP contribution in [0.3, 0.4) is 0 Å². The molecule has 3 N–H and O–H groups in total. The van der Waals surface area contributed by atoms with Crippen molar-refractivity contribution in [1.29, 1.82) is 0 Å². The van der Waals surface area contributed by atoms with Crippen LogP contribution in [0.1, 0.15) is 25.0 Å². The quantitative estimate of drug-likeness (QED) is 0.687. The lowest BCUT2D eigenvalue weighted by Crippen LogP contribution is -2.36. The molecule has 1 aliphatic rings. The Labute approximate surface area is 132 Å². The summed E-state index contributed by atoms with van der Waals surface area (Å²) < 4.78 is 5.77. The smallest absolute Gasteiger partial charge is 0.123 e. The average molecular weight is 309 g/mol. The zero-order valence-corrected chi connectivity index (χ0v) is 13.4. The minimum atomic E-state index is -0.752. The molecule has 3 atom stereocenters. The molecule has 0 aliphatic heterocycles. The van der Waals surface area contributed by atoms with Gasteiger partial charge in [0.15, 0.2) is 0 Å². The number of likely N-dealkylation sites (N-methyl/N-ethyl adjacent to an activating group) is 1. The lowest BCUT2D eigenvalue weighted by molar-refractivity contribution is 0.0130. The number of ether oxygens (including phenoxy) is 1. The number of nitrogens with zero attached hydrogens (tertiary/aromatic N) is 1. The van der Waals surface area contributed by atoms with Gasteiger partial charge >= 0.3 is 0 Å². The van der Waals surface area contributed by atoms with Crippen molar-refractivity contribution >= 4 is 0 Å². The van der Waals surface area contributed by atoms with Crippen molar-refractivity contribution < 1.29 is 20.1 Å². The fourth-order valence-corrected chi connectivity index (χ4v) is 2.89. The number of fused-ring (bicyclic) bond motifs is 1. The Morgan fingerprint density at radius 2 is 1.86 bits per heavy atom. The van der Waals surface area contributed by atoms with Gasteiger partial charge in [0.05, 0.1) is 12.2 Å². The Kier molecular flexibility index (Phi) is 6.20. The SMILES string of the molecule is CCN(CC)C[C@H](O)COc1cccc2c1C[C@@H](O)[C@@H](O)C2. The second kappa shape index (κ2) is 7.92. The van der Waals surface area contributed by atoms with Crippen LogP contribution in [0, 0.1) is 0 Å². The van der Waals surface area contributed by atoms with E-state index in [9.17, 15) is 15.3 Å². The first-order chi connectivity index (χ1) is 10.5. The molecule has 5 heteroatoms. The Bertz CT molecular complexity index is 476. The van der Waals surface area contributed by atoms with E-state index >= 15 is 0 Å². The summed E-state index contributed by atoms with van der Waals surface area (Å²) >= 11 is 0. The van der Waals surface area contributed by atoms with E-state index in [1.807, 2.05) is 18.2 Å². The molecule has 0 saturated carbocycles. The predicted molar refractivity (Wildman–Crippen MR) is 85.2 cm³/mol. The van der Waals surface area contributed by atoms with E-state index in [-0.39, 0.29) is 6.61 Å². The zero-order valence-electron chi connectivity index (χ0n) is 13.4. The molecule has 5 nitrogen and oxygen atoms in total. The molecule has 0 saturated heterocycles. The van der Waals surface area contributed by atoms with Crippen molar-refractivity contribution in [1.82, 2.24) is 4.90 Å². The molecule has 0 bridgehead atoms. The van der Waals surface area contributed by atoms with Gasteiger partial charge in [-0.05, 0) is 24.7 Å². The number of aliphatic hydroxyl groups is 3. The van der Waals surface area contributed by atoms with Crippen molar-refractivity contribution in [2.45, 2.75) is 45.0 Å². The standard InChI is InChI=1S/C17H27NO4/c1-3-18(4-2)10-13(19)11-22-17-7-5-6-12-8-15(20)16(21)9-14(12)17/h5-7,13,15-16,19-21H,3-4,8-11H2,1-2H3/t13-,15-,16+/m0/s1. The van der Waals surface area contributed by atoms with Gasteiger partial charge in [0.2, 0.25) is 0 Å². The highest BCUT2D eigenvalue weighted by atomic mass is 16.5. The van der Waals surface area contributed by atoms with E-state index in [1.165, 1.54) is 0 Å². The Morgan fingerprint density at radius 3 is 2.55 bits per heavy atom. The molecular weight excluding hydrogens is 282 g/mol. The van der Waals surface area contributed by atoms with Crippen molar-refractivity contribution in [3.05, 3.63) is 29.3 Å². The van der Waals surface area contributed by atoms with Crippen molar-refractivity contribution in [3.63, 3.8) is 0 Å². The van der Waals surface area contributed by atoms with Gasteiger partial charge in [-0.1, -0.05) is 26.0 Å². The maximum atomic E-state index is 10.1. The zero-order chi connectivity index (χ0) is 16.1. The van der Waals surface area contributed by atoms with Crippen LogP contribution in [-0.4, -0.2) is 64.8 Å². The minimum Gasteiger partial charge on any atom is -0.491 e. The summed E-state index contributed by atoms with van der Waals surface area (Å²) in [6.45, 7) is 6.75. The molecule has 0 amide bonds. The molecule has 124 valence electrons. The molecule has 1 aromatic rings. The van der Waals surface area contributed by atoms with Crippen LogP contribution in [0.25, 0.3) is 0 Å². The van der Waals surface area contributed by atoms with Crippen molar-refractivity contribution in [3.8, 4) is 5.75 Å². The first-order valence-electron chi connectivity index (χ1n) is 8.05. The molecule has 0 heterocycles. The van der Waals surface area contributed by atoms with Crippen LogP contribution in [0.2, 0.25) is 0 Å². The predicted octanol–water partition coefficient (Wildman–Crippen LogP) is 0.588. The largest absolute Gasteiger partial charge is 0.491 e. The van der Waals surface area contributed by atoms with E-state index in [2.05, 4.69) is 18.7 Å². The van der Waals surface area contributed by atoms with Crippen LogP contribution in [-0.2, 0) is 12.8 Å². The molecule has 1 aromatic carbocycles. The molecule has 0 radical (unpaired) electrons. The molecule has 0 spiro atoms. The monoisotopic (exact) mass is 309 g/mol. The minimum absolute atomic E-state index is 0.228. The maximum absolute atomic E-state index is 10.1. The van der Waals surface area contributed by atoms with E-state index < -0.39 is 18.3 Å². The number of hydrogen-bond acceptors (Lipinski definition) is 5. The third-order valence-corrected chi connectivity index (χ3v) is 4.31. The highest BCUT2D eigenvalue weighted by molar-refractivity contribution is 5.43. The Morgan fingerprint density at radius 1 is 1.18 bits per heavy atom. The highest BCUT2D eigenvalue weighted by Gasteiger charge is 2.27. The summed E-state index contributed by atoms with van der Waals surface area (Å²) in [6.07, 6.45) is -1.18. The summed E-state index contributed by atoms with van der Waals surface area (Å²) in [6, 6.07) is 5.69. The molecule has 2 rings (SSSR count). The lowest BCUT2D eigenvalue weighted by Gasteiger charge is -2.28. The second-order valence-corrected chi connectivity index (χ2v) is 5.89. The van der Waals surface area contributed by atoms with Gasteiger partial charge in [-0.3, -0.25) is 0 Å². The average Bonchev–Trinajstić information content (AvgIpc) is 2.51. The molecule has 1 aliphatic carbocycles. The first-order valence-corrected chi connectivity index (χ1v) is 8.05. The van der Waals surface area contributed by atoms with Crippen molar-refractivity contribution in [2.75, 3.05) is 26.2 Å². The fraction of sp³-hybridized carbons (Fsp3) is 0.647. The molecule has 0 fully saturated rings. The number of rotatable bonds is 7. The number of aliphatic hydroxyl groups excluding tert-OH is 3. The highest BCUT2D eigenvalue weighted by Crippen LogP contribution is 2.30. The summed E-state index contributed by atoms with van der Waals surface area (Å²) in [4.78, 5) is 2.15. The Balaban J connectivity index is 1.98. The van der Waals surface area contributed by atoms with Gasteiger partial charge < -0.3 is 25.0 Å². The van der Waals surface area contributed by atoms with E-state index in [1.54, 1.807) is 0 Å². The van der Waals surface area contributed by atoms with Crippen LogP contribution in [0.5, 0.6) is 5.75 Å². The lowest BCUT2D eigenvalue weighted by atomic mass is 9.87. The van der Waals surface area contributed by atoms with Gasteiger partial charge in [-0.2, -0.15) is 0 Å². The van der Waals surface area contributed by atoms with Crippen molar-refractivity contribution in [2.24, 2.45) is 0 Å². The normalized spacial score (nSPS) is 22.5. The van der Waals surface area contributed by atoms with Gasteiger partial charge in [-0.15, -0.1) is 0 Å². The van der Waals surface area contributed by atoms with Gasteiger partial charge in [0.25, 0.3) is 0 Å². The van der Waals surface area contributed by atoms with Gasteiger partial charge in [0, 0.05) is 24.9 Å². The van der Waals surface area contributed by atoms with Crippen LogP contribution >= 0.6 is 0 Å². The summed E-state index contributed by atoms with van der Waals surface area (Å²) in [5.74, 6) is 0.696. The summed E-state index contributed by atoms with van der Waals surface area (Å²) in [5, 5.41) is 29.7. The third-order valence-electron chi connectivity index (χ3n) is 4.31.